The molecule has 4 unspecified atom stereocenters. The summed E-state index contributed by atoms with van der Waals surface area (Å²) >= 11 is 0. The highest BCUT2D eigenvalue weighted by Gasteiger charge is 2.51. The third-order valence-corrected chi connectivity index (χ3v) is 7.29. The zero-order valence-corrected chi connectivity index (χ0v) is 17.0. The first-order chi connectivity index (χ1) is 12.1. The second kappa shape index (κ2) is 7.85. The van der Waals surface area contributed by atoms with Crippen molar-refractivity contribution in [2.24, 2.45) is 22.7 Å². The number of allylic oxidation sites excluding steroid dienone is 2. The van der Waals surface area contributed by atoms with Crippen molar-refractivity contribution in [1.29, 1.82) is 0 Å². The molecule has 2 fully saturated rings. The Balaban J connectivity index is 2.30. The fourth-order valence-electron chi connectivity index (χ4n) is 5.40. The third-order valence-electron chi connectivity index (χ3n) is 7.29. The lowest BCUT2D eigenvalue weighted by Crippen LogP contribution is -2.50. The average molecular weight is 365 g/mol. The topological polar surface area (TPSA) is 66.8 Å². The summed E-state index contributed by atoms with van der Waals surface area (Å²) in [5, 5.41) is 20.7. The van der Waals surface area contributed by atoms with E-state index in [1.165, 1.54) is 5.57 Å². The molecule has 0 amide bonds. The molecule has 0 aromatic heterocycles. The van der Waals surface area contributed by atoms with E-state index in [1.807, 2.05) is 13.0 Å². The van der Waals surface area contributed by atoms with Gasteiger partial charge in [-0.15, -0.1) is 0 Å². The predicted octanol–water partition coefficient (Wildman–Crippen LogP) is 4.02. The zero-order valence-electron chi connectivity index (χ0n) is 17.0. The summed E-state index contributed by atoms with van der Waals surface area (Å²) in [5.41, 5.74) is 1.38. The number of hydrogen-bond donors (Lipinski definition) is 2. The van der Waals surface area contributed by atoms with Gasteiger partial charge in [-0.3, -0.25) is 0 Å². The van der Waals surface area contributed by atoms with Crippen LogP contribution in [0.15, 0.2) is 23.8 Å². The van der Waals surface area contributed by atoms with Crippen LogP contribution in [0.25, 0.3) is 0 Å². The van der Waals surface area contributed by atoms with Crippen molar-refractivity contribution in [3.05, 3.63) is 23.8 Å². The van der Waals surface area contributed by atoms with Crippen LogP contribution in [0.3, 0.4) is 0 Å². The maximum absolute atomic E-state index is 11.8. The van der Waals surface area contributed by atoms with Gasteiger partial charge in [-0.1, -0.05) is 52.8 Å². The second-order valence-corrected chi connectivity index (χ2v) is 8.92. The van der Waals surface area contributed by atoms with Gasteiger partial charge in [-0.2, -0.15) is 0 Å². The van der Waals surface area contributed by atoms with Crippen LogP contribution in [-0.2, 0) is 9.53 Å². The first kappa shape index (κ1) is 21.2. The highest BCUT2D eigenvalue weighted by atomic mass is 16.6. The number of aliphatic hydroxyl groups is 2. The Labute approximate surface area is 158 Å². The van der Waals surface area contributed by atoms with Gasteiger partial charge in [0.2, 0.25) is 0 Å². The van der Waals surface area contributed by atoms with E-state index in [0.717, 1.165) is 25.7 Å². The summed E-state index contributed by atoms with van der Waals surface area (Å²) in [6.07, 6.45) is 5.04. The summed E-state index contributed by atoms with van der Waals surface area (Å²) in [6.45, 7) is 15.3. The fraction of sp³-hybridized carbons (Fsp3) is 0.773. The van der Waals surface area contributed by atoms with Gasteiger partial charge in [-0.05, 0) is 54.8 Å². The van der Waals surface area contributed by atoms with Crippen molar-refractivity contribution in [3.8, 4) is 0 Å². The van der Waals surface area contributed by atoms with E-state index in [4.69, 9.17) is 4.74 Å². The lowest BCUT2D eigenvalue weighted by Gasteiger charge is -2.55. The van der Waals surface area contributed by atoms with Crippen LogP contribution in [0.1, 0.15) is 66.7 Å². The molecule has 4 heteroatoms. The van der Waals surface area contributed by atoms with Crippen molar-refractivity contribution in [2.45, 2.75) is 78.9 Å². The normalized spacial score (nSPS) is 33.8. The van der Waals surface area contributed by atoms with Gasteiger partial charge in [0.25, 0.3) is 0 Å². The van der Waals surface area contributed by atoms with E-state index in [2.05, 4.69) is 34.3 Å². The highest BCUT2D eigenvalue weighted by Crippen LogP contribution is 2.57. The summed E-state index contributed by atoms with van der Waals surface area (Å²) in [7, 11) is 0. The number of carbonyl (C=O) groups excluding carboxylic acids is 1. The van der Waals surface area contributed by atoms with Gasteiger partial charge < -0.3 is 14.9 Å². The highest BCUT2D eigenvalue weighted by molar-refractivity contribution is 5.91. The van der Waals surface area contributed by atoms with Crippen LogP contribution in [0.2, 0.25) is 0 Å². The van der Waals surface area contributed by atoms with Crippen LogP contribution in [-0.4, -0.2) is 35.0 Å². The van der Waals surface area contributed by atoms with Crippen LogP contribution >= 0.6 is 0 Å². The minimum Gasteiger partial charge on any atom is -0.459 e. The Kier molecular flexibility index (Phi) is 6.40. The molecule has 0 bridgehead atoms. The maximum Gasteiger partial charge on any atom is 0.336 e. The first-order valence-corrected chi connectivity index (χ1v) is 10.0. The number of aliphatic hydroxyl groups excluding tert-OH is 2. The van der Waals surface area contributed by atoms with E-state index in [9.17, 15) is 15.0 Å². The molecule has 1 saturated heterocycles. The lowest BCUT2D eigenvalue weighted by atomic mass is 9.50. The Morgan fingerprint density at radius 1 is 1.42 bits per heavy atom. The molecule has 2 N–H and O–H groups in total. The van der Waals surface area contributed by atoms with Crippen LogP contribution < -0.4 is 0 Å². The summed E-state index contributed by atoms with van der Waals surface area (Å²) in [5.74, 6) is 0.168. The standard InChI is InChI=1S/C22H36O4/c1-7-19(24)22(6,8-2)18-12-9-14(3)16(21(18,4)5)11-10-15-17(23)13-26-20(15)25/h10,16-19,23-24H,3,7-9,11-13H2,1-2,4-6H3/b15-10+/t16-,17?,18?,19?,22?/m1/s1. The van der Waals surface area contributed by atoms with Gasteiger partial charge in [0, 0.05) is 0 Å². The minimum atomic E-state index is -0.818. The molecule has 0 spiro atoms. The Bertz CT molecular complexity index is 577. The molecule has 0 radical (unpaired) electrons. The summed E-state index contributed by atoms with van der Waals surface area (Å²) in [4.78, 5) is 11.8. The molecule has 0 aromatic rings. The van der Waals surface area contributed by atoms with Crippen LogP contribution in [0.4, 0.5) is 0 Å². The predicted molar refractivity (Wildman–Crippen MR) is 103 cm³/mol. The van der Waals surface area contributed by atoms with Crippen molar-refractivity contribution in [2.75, 3.05) is 6.61 Å². The van der Waals surface area contributed by atoms with E-state index < -0.39 is 12.1 Å². The molecule has 2 rings (SSSR count). The number of ether oxygens (including phenoxy) is 1. The van der Waals surface area contributed by atoms with Gasteiger partial charge in [-0.25, -0.2) is 4.79 Å². The lowest BCUT2D eigenvalue weighted by molar-refractivity contribution is -0.135. The van der Waals surface area contributed by atoms with Gasteiger partial charge in [0.1, 0.15) is 12.7 Å². The molecule has 148 valence electrons. The van der Waals surface area contributed by atoms with E-state index in [-0.39, 0.29) is 29.5 Å². The molecule has 1 aliphatic heterocycles. The van der Waals surface area contributed by atoms with E-state index in [1.54, 1.807) is 0 Å². The Morgan fingerprint density at radius 3 is 2.58 bits per heavy atom. The molecular formula is C22H36O4. The number of rotatable bonds is 6. The van der Waals surface area contributed by atoms with Crippen LogP contribution in [0.5, 0.6) is 0 Å². The van der Waals surface area contributed by atoms with Crippen LogP contribution in [0, 0.1) is 22.7 Å². The molecule has 26 heavy (non-hydrogen) atoms. The van der Waals surface area contributed by atoms with Crippen molar-refractivity contribution < 1.29 is 19.7 Å². The largest absolute Gasteiger partial charge is 0.459 e. The Hall–Kier alpha value is -1.13. The molecule has 4 nitrogen and oxygen atoms in total. The molecule has 1 saturated carbocycles. The van der Waals surface area contributed by atoms with Crippen molar-refractivity contribution in [3.63, 3.8) is 0 Å². The van der Waals surface area contributed by atoms with E-state index >= 15 is 0 Å². The molecule has 5 atom stereocenters. The zero-order chi connectivity index (χ0) is 19.7. The SMILES string of the molecule is C=C1CCC(C(C)(CC)C(O)CC)C(C)(C)[C@@H]1C/C=C1/C(=O)OCC1O. The van der Waals surface area contributed by atoms with Gasteiger partial charge in [0.15, 0.2) is 0 Å². The van der Waals surface area contributed by atoms with E-state index in [0.29, 0.717) is 17.9 Å². The van der Waals surface area contributed by atoms with Gasteiger partial charge >= 0.3 is 5.97 Å². The number of hydrogen-bond acceptors (Lipinski definition) is 4. The van der Waals surface area contributed by atoms with Crippen molar-refractivity contribution in [1.82, 2.24) is 0 Å². The quantitative estimate of drug-likeness (QED) is 0.424. The van der Waals surface area contributed by atoms with Gasteiger partial charge in [0.05, 0.1) is 11.7 Å². The summed E-state index contributed by atoms with van der Waals surface area (Å²) < 4.78 is 4.92. The molecule has 1 aliphatic carbocycles. The smallest absolute Gasteiger partial charge is 0.336 e. The third kappa shape index (κ3) is 3.63. The second-order valence-electron chi connectivity index (χ2n) is 8.92. The summed E-state index contributed by atoms with van der Waals surface area (Å²) in [6, 6.07) is 0. The molecular weight excluding hydrogens is 328 g/mol. The monoisotopic (exact) mass is 364 g/mol. The minimum absolute atomic E-state index is 0.0545. The van der Waals surface area contributed by atoms with Crippen molar-refractivity contribution >= 4 is 5.97 Å². The molecule has 1 heterocycles. The maximum atomic E-state index is 11.8. The number of carbonyl (C=O) groups is 1. The molecule has 2 aliphatic rings. The molecule has 0 aromatic carbocycles. The fourth-order valence-corrected chi connectivity index (χ4v) is 5.40. The first-order valence-electron chi connectivity index (χ1n) is 10.0. The number of cyclic esters (lactones) is 1. The average Bonchev–Trinajstić information content (AvgIpc) is 2.91. The Morgan fingerprint density at radius 2 is 2.08 bits per heavy atom. The number of esters is 1.